The van der Waals surface area contributed by atoms with E-state index in [1.165, 1.54) is 7.11 Å². The second-order valence-electron chi connectivity index (χ2n) is 5.16. The van der Waals surface area contributed by atoms with Crippen molar-refractivity contribution in [2.75, 3.05) is 13.7 Å². The average Bonchev–Trinajstić information content (AvgIpc) is 3.07. The van der Waals surface area contributed by atoms with Crippen molar-refractivity contribution in [1.82, 2.24) is 14.9 Å². The predicted molar refractivity (Wildman–Crippen MR) is 95.0 cm³/mol. The highest BCUT2D eigenvalue weighted by Crippen LogP contribution is 2.33. The van der Waals surface area contributed by atoms with Gasteiger partial charge in [-0.3, -0.25) is 9.59 Å². The second kappa shape index (κ2) is 7.13. The van der Waals surface area contributed by atoms with Crippen LogP contribution >= 0.6 is 23.2 Å². The van der Waals surface area contributed by atoms with E-state index in [1.807, 2.05) is 12.1 Å². The molecule has 3 rings (SSSR count). The lowest BCUT2D eigenvalue weighted by Crippen LogP contribution is -2.31. The number of carbonyl (C=O) groups is 2. The summed E-state index contributed by atoms with van der Waals surface area (Å²) in [5.74, 6) is -1.04. The van der Waals surface area contributed by atoms with E-state index in [-0.39, 0.29) is 12.2 Å². The van der Waals surface area contributed by atoms with Crippen molar-refractivity contribution in [3.05, 3.63) is 58.3 Å². The van der Waals surface area contributed by atoms with E-state index >= 15 is 0 Å². The minimum absolute atomic E-state index is 0.147. The van der Waals surface area contributed by atoms with E-state index in [2.05, 4.69) is 15.2 Å². The lowest BCUT2D eigenvalue weighted by atomic mass is 10.0. The lowest BCUT2D eigenvalue weighted by molar-refractivity contribution is -0.139. The predicted octanol–water partition coefficient (Wildman–Crippen LogP) is 3.21. The maximum absolute atomic E-state index is 12.3. The fourth-order valence-electron chi connectivity index (χ4n) is 2.38. The van der Waals surface area contributed by atoms with Crippen LogP contribution in [0.2, 0.25) is 10.0 Å². The lowest BCUT2D eigenvalue weighted by Gasteiger charge is -2.10. The molecule has 0 fully saturated rings. The number of carbonyl (C=O) groups excluding carboxylic acids is 2. The molecule has 0 unspecified atom stereocenters. The summed E-state index contributed by atoms with van der Waals surface area (Å²) in [6.07, 6.45) is 1.72. The van der Waals surface area contributed by atoms with Crippen molar-refractivity contribution in [3.63, 3.8) is 0 Å². The molecule has 0 spiro atoms. The molecule has 0 bridgehead atoms. The van der Waals surface area contributed by atoms with Crippen molar-refractivity contribution in [2.24, 2.45) is 0 Å². The Morgan fingerprint density at radius 3 is 2.72 bits per heavy atom. The average molecular weight is 378 g/mol. The van der Waals surface area contributed by atoms with Gasteiger partial charge in [0.05, 0.1) is 12.6 Å². The zero-order chi connectivity index (χ0) is 18.0. The summed E-state index contributed by atoms with van der Waals surface area (Å²) in [6.45, 7) is -0.238. The van der Waals surface area contributed by atoms with Crippen molar-refractivity contribution < 1.29 is 14.3 Å². The molecule has 1 aromatic carbocycles. The molecule has 0 saturated heterocycles. The molecular formula is C17H13Cl2N3O3. The molecule has 0 aliphatic carbocycles. The number of nitrogens with zero attached hydrogens (tertiary/aromatic N) is 2. The number of halogens is 2. The van der Waals surface area contributed by atoms with Crippen LogP contribution in [0, 0.1) is 0 Å². The number of nitrogens with one attached hydrogen (secondary N) is 1. The molecule has 25 heavy (non-hydrogen) atoms. The summed E-state index contributed by atoms with van der Waals surface area (Å²) >= 11 is 12.3. The summed E-state index contributed by atoms with van der Waals surface area (Å²) in [4.78, 5) is 23.5. The highest BCUT2D eigenvalue weighted by molar-refractivity contribution is 6.36. The van der Waals surface area contributed by atoms with Gasteiger partial charge in [0.15, 0.2) is 0 Å². The molecular weight excluding hydrogens is 365 g/mol. The summed E-state index contributed by atoms with van der Waals surface area (Å²) < 4.78 is 6.08. The Hall–Kier alpha value is -2.57. The number of aromatic nitrogens is 2. The summed E-state index contributed by atoms with van der Waals surface area (Å²) in [5, 5.41) is 7.70. The largest absolute Gasteiger partial charge is 0.468 e. The summed E-state index contributed by atoms with van der Waals surface area (Å²) in [6, 6.07) is 10.4. The Morgan fingerprint density at radius 1 is 1.20 bits per heavy atom. The molecule has 128 valence electrons. The highest BCUT2D eigenvalue weighted by Gasteiger charge is 2.16. The number of hydrogen-bond acceptors (Lipinski definition) is 4. The van der Waals surface area contributed by atoms with Gasteiger partial charge >= 0.3 is 5.97 Å². The molecule has 0 atom stereocenters. The van der Waals surface area contributed by atoms with Crippen LogP contribution < -0.4 is 5.32 Å². The van der Waals surface area contributed by atoms with Crippen LogP contribution in [0.5, 0.6) is 0 Å². The molecule has 1 N–H and O–H groups in total. The smallest absolute Gasteiger partial charge is 0.325 e. The number of amides is 1. The molecule has 0 aliphatic heterocycles. The molecule has 0 aliphatic rings. The first-order chi connectivity index (χ1) is 12.0. The van der Waals surface area contributed by atoms with Crippen LogP contribution in [0.4, 0.5) is 0 Å². The van der Waals surface area contributed by atoms with Crippen LogP contribution in [0.1, 0.15) is 10.5 Å². The maximum Gasteiger partial charge on any atom is 0.325 e. The van der Waals surface area contributed by atoms with Crippen LogP contribution in [0.15, 0.2) is 42.6 Å². The van der Waals surface area contributed by atoms with Crippen LogP contribution in [0.25, 0.3) is 16.6 Å². The Morgan fingerprint density at radius 2 is 2.00 bits per heavy atom. The minimum Gasteiger partial charge on any atom is -0.468 e. The zero-order valence-electron chi connectivity index (χ0n) is 13.1. The zero-order valence-corrected chi connectivity index (χ0v) is 14.6. The van der Waals surface area contributed by atoms with Crippen LogP contribution in [-0.2, 0) is 9.53 Å². The Kier molecular flexibility index (Phi) is 4.92. The fraction of sp³-hybridized carbons (Fsp3) is 0.118. The van der Waals surface area contributed by atoms with Gasteiger partial charge in [0.25, 0.3) is 5.91 Å². The normalized spacial score (nSPS) is 10.7. The Bertz CT molecular complexity index is 969. The molecule has 0 saturated carbocycles. The van der Waals surface area contributed by atoms with Gasteiger partial charge in [0.2, 0.25) is 0 Å². The SMILES string of the molecule is COC(=O)CNC(=O)c1cc(-c2ccc(Cl)cc2Cl)c2cccn2n1. The molecule has 1 amide bonds. The number of benzene rings is 1. The quantitative estimate of drug-likeness (QED) is 0.708. The number of methoxy groups -OCH3 is 1. The van der Waals surface area contributed by atoms with E-state index < -0.39 is 11.9 Å². The van der Waals surface area contributed by atoms with Gasteiger partial charge in [-0.1, -0.05) is 29.3 Å². The third-order valence-electron chi connectivity index (χ3n) is 3.58. The summed E-state index contributed by atoms with van der Waals surface area (Å²) in [7, 11) is 1.25. The standard InChI is InChI=1S/C17H13Cl2N3O3/c1-25-16(23)9-20-17(24)14-8-12(15-3-2-6-22(15)21-14)11-5-4-10(18)7-13(11)19/h2-8H,9H2,1H3,(H,20,24). The van der Waals surface area contributed by atoms with Crippen LogP contribution in [-0.4, -0.2) is 35.1 Å². The van der Waals surface area contributed by atoms with Crippen molar-refractivity contribution >= 4 is 40.6 Å². The maximum atomic E-state index is 12.3. The van der Waals surface area contributed by atoms with Gasteiger partial charge in [-0.2, -0.15) is 5.10 Å². The van der Waals surface area contributed by atoms with Crippen molar-refractivity contribution in [1.29, 1.82) is 0 Å². The van der Waals surface area contributed by atoms with Gasteiger partial charge in [0.1, 0.15) is 12.2 Å². The minimum atomic E-state index is -0.545. The summed E-state index contributed by atoms with van der Waals surface area (Å²) in [5.41, 5.74) is 2.38. The van der Waals surface area contributed by atoms with Gasteiger partial charge < -0.3 is 10.1 Å². The van der Waals surface area contributed by atoms with E-state index in [9.17, 15) is 9.59 Å². The van der Waals surface area contributed by atoms with Gasteiger partial charge in [0, 0.05) is 27.4 Å². The van der Waals surface area contributed by atoms with Crippen molar-refractivity contribution in [2.45, 2.75) is 0 Å². The molecule has 8 heteroatoms. The third kappa shape index (κ3) is 3.60. The first kappa shape index (κ1) is 17.3. The number of esters is 1. The van der Waals surface area contributed by atoms with E-state index in [1.54, 1.807) is 35.0 Å². The second-order valence-corrected chi connectivity index (χ2v) is 6.01. The topological polar surface area (TPSA) is 72.7 Å². The van der Waals surface area contributed by atoms with Gasteiger partial charge in [-0.25, -0.2) is 4.52 Å². The van der Waals surface area contributed by atoms with E-state index in [4.69, 9.17) is 23.2 Å². The molecule has 3 aromatic rings. The monoisotopic (exact) mass is 377 g/mol. The number of fused-ring (bicyclic) bond motifs is 1. The first-order valence-electron chi connectivity index (χ1n) is 7.28. The first-order valence-corrected chi connectivity index (χ1v) is 8.04. The fourth-order valence-corrected chi connectivity index (χ4v) is 2.89. The van der Waals surface area contributed by atoms with Gasteiger partial charge in [-0.05, 0) is 30.3 Å². The molecule has 0 radical (unpaired) electrons. The van der Waals surface area contributed by atoms with Gasteiger partial charge in [-0.15, -0.1) is 0 Å². The Labute approximate surface area is 153 Å². The number of ether oxygens (including phenoxy) is 1. The van der Waals surface area contributed by atoms with Crippen molar-refractivity contribution in [3.8, 4) is 11.1 Å². The van der Waals surface area contributed by atoms with E-state index in [0.29, 0.717) is 10.0 Å². The van der Waals surface area contributed by atoms with Crippen LogP contribution in [0.3, 0.4) is 0 Å². The molecule has 2 aromatic heterocycles. The third-order valence-corrected chi connectivity index (χ3v) is 4.12. The molecule has 6 nitrogen and oxygen atoms in total. The number of hydrogen-bond donors (Lipinski definition) is 1. The highest BCUT2D eigenvalue weighted by atomic mass is 35.5. The number of rotatable bonds is 4. The Balaban J connectivity index is 2.05. The molecule has 2 heterocycles. The van der Waals surface area contributed by atoms with E-state index in [0.717, 1.165) is 16.6 Å².